The van der Waals surface area contributed by atoms with Crippen molar-refractivity contribution in [3.63, 3.8) is 0 Å². The predicted octanol–water partition coefficient (Wildman–Crippen LogP) is 4.25. The van der Waals surface area contributed by atoms with Gasteiger partial charge in [0.1, 0.15) is 0 Å². The van der Waals surface area contributed by atoms with E-state index >= 15 is 0 Å². The molecule has 2 aliphatic rings. The van der Waals surface area contributed by atoms with Gasteiger partial charge in [-0.2, -0.15) is 0 Å². The molecule has 116 valence electrons. The molecule has 0 radical (unpaired) electrons. The van der Waals surface area contributed by atoms with Gasteiger partial charge in [-0.1, -0.05) is 38.1 Å². The third-order valence-electron chi connectivity index (χ3n) is 5.29. The zero-order valence-corrected chi connectivity index (χ0v) is 13.5. The highest BCUT2D eigenvalue weighted by Crippen LogP contribution is 2.46. The molecule has 0 saturated heterocycles. The Labute approximate surface area is 129 Å². The van der Waals surface area contributed by atoms with Crippen molar-refractivity contribution < 1.29 is 4.74 Å². The molecule has 3 atom stereocenters. The molecule has 3 rings (SSSR count). The zero-order valence-electron chi connectivity index (χ0n) is 13.5. The number of rotatable bonds is 5. The monoisotopic (exact) mass is 287 g/mol. The van der Waals surface area contributed by atoms with Crippen LogP contribution < -0.4 is 5.32 Å². The maximum Gasteiger partial charge on any atom is 0.0832 e. The second-order valence-corrected chi connectivity index (χ2v) is 7.22. The number of nitrogens with one attached hydrogen (secondary N) is 1. The summed E-state index contributed by atoms with van der Waals surface area (Å²) in [6.45, 7) is 6.74. The van der Waals surface area contributed by atoms with Gasteiger partial charge >= 0.3 is 0 Å². The van der Waals surface area contributed by atoms with E-state index in [9.17, 15) is 0 Å². The third kappa shape index (κ3) is 3.49. The molecule has 1 aromatic rings. The van der Waals surface area contributed by atoms with Gasteiger partial charge in [-0.15, -0.1) is 0 Å². The van der Waals surface area contributed by atoms with Crippen LogP contribution in [-0.4, -0.2) is 19.2 Å². The predicted molar refractivity (Wildman–Crippen MR) is 87.5 cm³/mol. The van der Waals surface area contributed by atoms with Crippen molar-refractivity contribution in [1.82, 2.24) is 5.32 Å². The third-order valence-corrected chi connectivity index (χ3v) is 5.29. The van der Waals surface area contributed by atoms with E-state index in [1.807, 2.05) is 0 Å². The van der Waals surface area contributed by atoms with E-state index < -0.39 is 0 Å². The molecule has 2 heteroatoms. The molecule has 0 spiro atoms. The molecule has 1 fully saturated rings. The smallest absolute Gasteiger partial charge is 0.0832 e. The highest BCUT2D eigenvalue weighted by atomic mass is 16.5. The molecule has 0 amide bonds. The quantitative estimate of drug-likeness (QED) is 0.874. The number of benzene rings is 1. The molecule has 1 aromatic carbocycles. The largest absolute Gasteiger partial charge is 0.373 e. The van der Waals surface area contributed by atoms with E-state index in [-0.39, 0.29) is 0 Å². The Morgan fingerprint density at radius 3 is 3.05 bits per heavy atom. The Morgan fingerprint density at radius 2 is 2.19 bits per heavy atom. The molecule has 1 heterocycles. The van der Waals surface area contributed by atoms with Crippen molar-refractivity contribution in [3.05, 3.63) is 35.4 Å². The Morgan fingerprint density at radius 1 is 1.33 bits per heavy atom. The zero-order chi connectivity index (χ0) is 14.7. The first kappa shape index (κ1) is 15.1. The van der Waals surface area contributed by atoms with Crippen molar-refractivity contribution in [2.45, 2.75) is 64.5 Å². The summed E-state index contributed by atoms with van der Waals surface area (Å²) in [7, 11) is 0. The van der Waals surface area contributed by atoms with Crippen molar-refractivity contribution in [1.29, 1.82) is 0 Å². The fraction of sp³-hybridized carbons (Fsp3) is 0.684. The summed E-state index contributed by atoms with van der Waals surface area (Å²) in [4.78, 5) is 0. The molecule has 1 N–H and O–H groups in total. The van der Waals surface area contributed by atoms with Gasteiger partial charge < -0.3 is 10.1 Å². The lowest BCUT2D eigenvalue weighted by Crippen LogP contribution is -2.29. The van der Waals surface area contributed by atoms with Crippen LogP contribution in [0.4, 0.5) is 0 Å². The second-order valence-electron chi connectivity index (χ2n) is 7.22. The summed E-state index contributed by atoms with van der Waals surface area (Å²) in [5.74, 6) is 0. The van der Waals surface area contributed by atoms with Crippen LogP contribution in [-0.2, 0) is 11.2 Å². The first-order valence-corrected chi connectivity index (χ1v) is 8.63. The minimum Gasteiger partial charge on any atom is -0.373 e. The fourth-order valence-corrected chi connectivity index (χ4v) is 4.12. The summed E-state index contributed by atoms with van der Waals surface area (Å²) < 4.78 is 6.13. The van der Waals surface area contributed by atoms with Gasteiger partial charge in [0.2, 0.25) is 0 Å². The molecular formula is C19H29NO. The van der Waals surface area contributed by atoms with Crippen molar-refractivity contribution in [3.8, 4) is 0 Å². The average molecular weight is 287 g/mol. The normalized spacial score (nSPS) is 32.1. The minimum absolute atomic E-state index is 0.310. The maximum absolute atomic E-state index is 6.13. The van der Waals surface area contributed by atoms with E-state index in [0.29, 0.717) is 17.6 Å². The van der Waals surface area contributed by atoms with Gasteiger partial charge in [0, 0.05) is 6.04 Å². The van der Waals surface area contributed by atoms with Crippen LogP contribution in [0.3, 0.4) is 0 Å². The summed E-state index contributed by atoms with van der Waals surface area (Å²) >= 11 is 0. The van der Waals surface area contributed by atoms with Crippen molar-refractivity contribution >= 4 is 0 Å². The summed E-state index contributed by atoms with van der Waals surface area (Å²) in [6.07, 6.45) is 7.74. The Balaban J connectivity index is 1.65. The van der Waals surface area contributed by atoms with Crippen LogP contribution in [0.1, 0.15) is 63.2 Å². The summed E-state index contributed by atoms with van der Waals surface area (Å²) in [5.41, 5.74) is 3.37. The molecule has 2 nitrogen and oxygen atoms in total. The van der Waals surface area contributed by atoms with Crippen LogP contribution in [0.2, 0.25) is 0 Å². The number of hydrogen-bond acceptors (Lipinski definition) is 2. The lowest BCUT2D eigenvalue weighted by molar-refractivity contribution is 0.00934. The van der Waals surface area contributed by atoms with E-state index in [4.69, 9.17) is 4.74 Å². The van der Waals surface area contributed by atoms with Gasteiger partial charge in [-0.3, -0.25) is 0 Å². The SMILES string of the molecule is CCCNC1CCC(C)(CC2OCCc3ccccc32)C1. The van der Waals surface area contributed by atoms with E-state index in [1.165, 1.54) is 43.2 Å². The lowest BCUT2D eigenvalue weighted by atomic mass is 9.79. The fourth-order valence-electron chi connectivity index (χ4n) is 4.12. The molecular weight excluding hydrogens is 258 g/mol. The van der Waals surface area contributed by atoms with E-state index in [0.717, 1.165) is 19.6 Å². The van der Waals surface area contributed by atoms with Gasteiger partial charge in [-0.25, -0.2) is 0 Å². The summed E-state index contributed by atoms with van der Waals surface area (Å²) in [6, 6.07) is 9.57. The number of hydrogen-bond donors (Lipinski definition) is 1. The van der Waals surface area contributed by atoms with Crippen LogP contribution >= 0.6 is 0 Å². The number of ether oxygens (including phenoxy) is 1. The van der Waals surface area contributed by atoms with E-state index in [1.54, 1.807) is 0 Å². The summed E-state index contributed by atoms with van der Waals surface area (Å²) in [5, 5.41) is 3.70. The topological polar surface area (TPSA) is 21.3 Å². The van der Waals surface area contributed by atoms with Crippen LogP contribution in [0.15, 0.2) is 24.3 Å². The average Bonchev–Trinajstić information content (AvgIpc) is 2.87. The van der Waals surface area contributed by atoms with E-state index in [2.05, 4.69) is 43.4 Å². The molecule has 0 bridgehead atoms. The Bertz CT molecular complexity index is 472. The molecule has 21 heavy (non-hydrogen) atoms. The van der Waals surface area contributed by atoms with Gasteiger partial charge in [-0.05, 0) is 61.6 Å². The number of fused-ring (bicyclic) bond motifs is 1. The van der Waals surface area contributed by atoms with Crippen molar-refractivity contribution in [2.24, 2.45) is 5.41 Å². The first-order valence-electron chi connectivity index (χ1n) is 8.63. The van der Waals surface area contributed by atoms with Crippen LogP contribution in [0.5, 0.6) is 0 Å². The minimum atomic E-state index is 0.310. The Hall–Kier alpha value is -0.860. The van der Waals surface area contributed by atoms with Gasteiger partial charge in [0.15, 0.2) is 0 Å². The van der Waals surface area contributed by atoms with Crippen LogP contribution in [0, 0.1) is 5.41 Å². The van der Waals surface area contributed by atoms with Gasteiger partial charge in [0.25, 0.3) is 0 Å². The highest BCUT2D eigenvalue weighted by Gasteiger charge is 2.38. The molecule has 0 aromatic heterocycles. The molecule has 1 aliphatic carbocycles. The van der Waals surface area contributed by atoms with Crippen molar-refractivity contribution in [2.75, 3.05) is 13.2 Å². The van der Waals surface area contributed by atoms with Crippen LogP contribution in [0.25, 0.3) is 0 Å². The molecule has 3 unspecified atom stereocenters. The second kappa shape index (κ2) is 6.50. The standard InChI is InChI=1S/C19H29NO/c1-3-11-20-16-8-10-19(2,13-16)14-18-17-7-5-4-6-15(17)9-12-21-18/h4-7,16,18,20H,3,8-14H2,1-2H3. The lowest BCUT2D eigenvalue weighted by Gasteiger charge is -2.33. The molecule has 1 aliphatic heterocycles. The molecule has 1 saturated carbocycles. The van der Waals surface area contributed by atoms with Gasteiger partial charge in [0.05, 0.1) is 12.7 Å². The first-order chi connectivity index (χ1) is 10.2. The maximum atomic E-state index is 6.13. The Kier molecular flexibility index (Phi) is 4.66. The highest BCUT2D eigenvalue weighted by molar-refractivity contribution is 5.31.